The third-order valence-corrected chi connectivity index (χ3v) is 3.76. The molecule has 1 atom stereocenters. The molecule has 1 fully saturated rings. The van der Waals surface area contributed by atoms with Gasteiger partial charge in [-0.05, 0) is 37.9 Å². The highest BCUT2D eigenvalue weighted by Crippen LogP contribution is 2.19. The van der Waals surface area contributed by atoms with E-state index >= 15 is 0 Å². The first-order chi connectivity index (χ1) is 9.85. The molecule has 0 radical (unpaired) electrons. The van der Waals surface area contributed by atoms with E-state index in [0.29, 0.717) is 6.04 Å². The van der Waals surface area contributed by atoms with Crippen molar-refractivity contribution in [3.8, 4) is 0 Å². The SMILES string of the molecule is CCCNC(CC)c1ccc(N2CCCOCC2)cn1. The molecule has 4 nitrogen and oxygen atoms in total. The van der Waals surface area contributed by atoms with Crippen molar-refractivity contribution in [3.05, 3.63) is 24.0 Å². The second-order valence-corrected chi connectivity index (χ2v) is 5.31. The number of nitrogens with one attached hydrogen (secondary N) is 1. The van der Waals surface area contributed by atoms with Crippen molar-refractivity contribution in [1.82, 2.24) is 10.3 Å². The Balaban J connectivity index is 2.00. The maximum Gasteiger partial charge on any atom is 0.0641 e. The van der Waals surface area contributed by atoms with Crippen LogP contribution in [-0.2, 0) is 4.74 Å². The van der Waals surface area contributed by atoms with Crippen molar-refractivity contribution in [2.75, 3.05) is 37.7 Å². The van der Waals surface area contributed by atoms with Gasteiger partial charge < -0.3 is 15.0 Å². The Morgan fingerprint density at radius 1 is 1.30 bits per heavy atom. The molecule has 4 heteroatoms. The number of aromatic nitrogens is 1. The molecule has 2 rings (SSSR count). The summed E-state index contributed by atoms with van der Waals surface area (Å²) in [5.74, 6) is 0. The van der Waals surface area contributed by atoms with Gasteiger partial charge in [-0.1, -0.05) is 13.8 Å². The third-order valence-electron chi connectivity index (χ3n) is 3.76. The predicted molar refractivity (Wildman–Crippen MR) is 83.2 cm³/mol. The Morgan fingerprint density at radius 3 is 2.90 bits per heavy atom. The first kappa shape index (κ1) is 15.3. The van der Waals surface area contributed by atoms with Crippen molar-refractivity contribution >= 4 is 5.69 Å². The lowest BCUT2D eigenvalue weighted by Crippen LogP contribution is -2.26. The predicted octanol–water partition coefficient (Wildman–Crippen LogP) is 2.76. The van der Waals surface area contributed by atoms with Gasteiger partial charge in [0, 0.05) is 25.7 Å². The van der Waals surface area contributed by atoms with Crippen LogP contribution < -0.4 is 10.2 Å². The summed E-state index contributed by atoms with van der Waals surface area (Å²) in [7, 11) is 0. The van der Waals surface area contributed by atoms with E-state index in [4.69, 9.17) is 4.74 Å². The fourth-order valence-electron chi connectivity index (χ4n) is 2.57. The molecule has 1 unspecified atom stereocenters. The van der Waals surface area contributed by atoms with Crippen LogP contribution in [0.5, 0.6) is 0 Å². The van der Waals surface area contributed by atoms with Crippen molar-refractivity contribution < 1.29 is 4.74 Å². The molecule has 0 spiro atoms. The fraction of sp³-hybridized carbons (Fsp3) is 0.688. The van der Waals surface area contributed by atoms with Gasteiger partial charge in [0.2, 0.25) is 0 Å². The summed E-state index contributed by atoms with van der Waals surface area (Å²) >= 11 is 0. The largest absolute Gasteiger partial charge is 0.380 e. The van der Waals surface area contributed by atoms with Crippen LogP contribution in [0.2, 0.25) is 0 Å². The van der Waals surface area contributed by atoms with Crippen molar-refractivity contribution in [2.24, 2.45) is 0 Å². The van der Waals surface area contributed by atoms with Gasteiger partial charge in [-0.3, -0.25) is 4.98 Å². The van der Waals surface area contributed by atoms with Crippen LogP contribution in [0.4, 0.5) is 5.69 Å². The van der Waals surface area contributed by atoms with E-state index in [1.807, 2.05) is 6.20 Å². The second-order valence-electron chi connectivity index (χ2n) is 5.31. The Morgan fingerprint density at radius 2 is 2.20 bits per heavy atom. The lowest BCUT2D eigenvalue weighted by molar-refractivity contribution is 0.152. The Kier molecular flexibility index (Phi) is 6.27. The van der Waals surface area contributed by atoms with Crippen LogP contribution in [-0.4, -0.2) is 37.8 Å². The zero-order valence-corrected chi connectivity index (χ0v) is 12.8. The first-order valence-electron chi connectivity index (χ1n) is 7.87. The van der Waals surface area contributed by atoms with E-state index in [1.165, 1.54) is 5.69 Å². The average molecular weight is 277 g/mol. The number of hydrogen-bond donors (Lipinski definition) is 1. The van der Waals surface area contributed by atoms with E-state index in [1.54, 1.807) is 0 Å². The molecular weight excluding hydrogens is 250 g/mol. The third kappa shape index (κ3) is 4.18. The number of ether oxygens (including phenoxy) is 1. The highest BCUT2D eigenvalue weighted by atomic mass is 16.5. The normalized spacial score (nSPS) is 17.8. The lowest BCUT2D eigenvalue weighted by Gasteiger charge is -2.22. The Labute approximate surface area is 122 Å². The van der Waals surface area contributed by atoms with Crippen LogP contribution in [0.25, 0.3) is 0 Å². The molecule has 1 aliphatic heterocycles. The van der Waals surface area contributed by atoms with E-state index < -0.39 is 0 Å². The molecule has 0 saturated carbocycles. The highest BCUT2D eigenvalue weighted by molar-refractivity contribution is 5.44. The minimum atomic E-state index is 0.372. The standard InChI is InChI=1S/C16H27N3O/c1-3-8-17-15(4-2)16-7-6-14(13-18-16)19-9-5-11-20-12-10-19/h6-7,13,15,17H,3-5,8-12H2,1-2H3. The van der Waals surface area contributed by atoms with Gasteiger partial charge in [0.05, 0.1) is 24.2 Å². The molecule has 0 amide bonds. The van der Waals surface area contributed by atoms with Crippen molar-refractivity contribution in [2.45, 2.75) is 39.2 Å². The van der Waals surface area contributed by atoms with Crippen LogP contribution in [0, 0.1) is 0 Å². The van der Waals surface area contributed by atoms with Crippen LogP contribution >= 0.6 is 0 Å². The maximum atomic E-state index is 5.50. The van der Waals surface area contributed by atoms with E-state index in [9.17, 15) is 0 Å². The first-order valence-corrected chi connectivity index (χ1v) is 7.87. The molecule has 0 aliphatic carbocycles. The minimum Gasteiger partial charge on any atom is -0.380 e. The molecule has 2 heterocycles. The molecule has 1 aromatic heterocycles. The monoisotopic (exact) mass is 277 g/mol. The van der Waals surface area contributed by atoms with E-state index in [2.05, 4.69) is 41.2 Å². The van der Waals surface area contributed by atoms with Gasteiger partial charge in [0.25, 0.3) is 0 Å². The Bertz CT molecular complexity index is 372. The van der Waals surface area contributed by atoms with Crippen LogP contribution in [0.15, 0.2) is 18.3 Å². The quantitative estimate of drug-likeness (QED) is 0.867. The maximum absolute atomic E-state index is 5.50. The average Bonchev–Trinajstić information content (AvgIpc) is 2.78. The molecule has 20 heavy (non-hydrogen) atoms. The second kappa shape index (κ2) is 8.22. The van der Waals surface area contributed by atoms with Gasteiger partial charge >= 0.3 is 0 Å². The molecule has 0 aromatic carbocycles. The zero-order valence-electron chi connectivity index (χ0n) is 12.8. The molecule has 1 saturated heterocycles. The summed E-state index contributed by atoms with van der Waals surface area (Å²) < 4.78 is 5.50. The molecule has 1 aliphatic rings. The van der Waals surface area contributed by atoms with E-state index in [-0.39, 0.29) is 0 Å². The summed E-state index contributed by atoms with van der Waals surface area (Å²) in [4.78, 5) is 7.03. The summed E-state index contributed by atoms with van der Waals surface area (Å²) in [6.45, 7) is 9.16. The molecule has 1 aromatic rings. The van der Waals surface area contributed by atoms with Gasteiger partial charge in [0.1, 0.15) is 0 Å². The van der Waals surface area contributed by atoms with Gasteiger partial charge in [0.15, 0.2) is 0 Å². The number of pyridine rings is 1. The fourth-order valence-corrected chi connectivity index (χ4v) is 2.57. The van der Waals surface area contributed by atoms with Crippen molar-refractivity contribution in [3.63, 3.8) is 0 Å². The smallest absolute Gasteiger partial charge is 0.0641 e. The topological polar surface area (TPSA) is 37.4 Å². The van der Waals surface area contributed by atoms with E-state index in [0.717, 1.165) is 57.8 Å². The van der Waals surface area contributed by atoms with Gasteiger partial charge in [-0.2, -0.15) is 0 Å². The Hall–Kier alpha value is -1.13. The van der Waals surface area contributed by atoms with Crippen LogP contribution in [0.3, 0.4) is 0 Å². The number of anilines is 1. The molecular formula is C16H27N3O. The minimum absolute atomic E-state index is 0.372. The summed E-state index contributed by atoms with van der Waals surface area (Å²) in [5, 5.41) is 3.55. The number of hydrogen-bond acceptors (Lipinski definition) is 4. The summed E-state index contributed by atoms with van der Waals surface area (Å²) in [5.41, 5.74) is 2.36. The van der Waals surface area contributed by atoms with Gasteiger partial charge in [-0.15, -0.1) is 0 Å². The van der Waals surface area contributed by atoms with Gasteiger partial charge in [-0.25, -0.2) is 0 Å². The molecule has 1 N–H and O–H groups in total. The van der Waals surface area contributed by atoms with Crippen LogP contribution in [0.1, 0.15) is 44.8 Å². The lowest BCUT2D eigenvalue weighted by atomic mass is 10.1. The number of rotatable bonds is 6. The highest BCUT2D eigenvalue weighted by Gasteiger charge is 2.13. The number of nitrogens with zero attached hydrogens (tertiary/aromatic N) is 2. The summed E-state index contributed by atoms with van der Waals surface area (Å²) in [6, 6.07) is 4.73. The van der Waals surface area contributed by atoms with Crippen molar-refractivity contribution in [1.29, 1.82) is 0 Å². The molecule has 0 bridgehead atoms. The molecule has 112 valence electrons. The zero-order chi connectivity index (χ0) is 14.2. The summed E-state index contributed by atoms with van der Waals surface area (Å²) in [6.07, 6.45) is 5.33.